The molecule has 168 valence electrons. The molecule has 0 bridgehead atoms. The van der Waals surface area contributed by atoms with Crippen LogP contribution in [0.4, 0.5) is 0 Å². The lowest BCUT2D eigenvalue weighted by molar-refractivity contribution is -0.153. The molecule has 32 heavy (non-hydrogen) atoms. The Balaban J connectivity index is 1.87. The summed E-state index contributed by atoms with van der Waals surface area (Å²) in [5, 5.41) is 20.5. The second-order valence-electron chi connectivity index (χ2n) is 8.25. The van der Waals surface area contributed by atoms with E-state index in [4.69, 9.17) is 0 Å². The molecule has 0 aliphatic carbocycles. The molecule has 2 N–H and O–H groups in total. The van der Waals surface area contributed by atoms with E-state index >= 15 is 0 Å². The minimum atomic E-state index is -0.969. The molecule has 1 aromatic heterocycles. The number of carboxylic acids is 1. The number of hydrogen-bond donors (Lipinski definition) is 2. The van der Waals surface area contributed by atoms with Crippen molar-refractivity contribution in [3.63, 3.8) is 0 Å². The number of unbranched alkanes of at least 4 members (excludes halogenated alkanes) is 1. The van der Waals surface area contributed by atoms with E-state index in [0.29, 0.717) is 6.42 Å². The molecule has 7 heteroatoms. The predicted octanol–water partition coefficient (Wildman–Crippen LogP) is 4.77. The molecule has 3 aromatic rings. The number of rotatable bonds is 10. The molecule has 0 saturated carbocycles. The molecule has 0 aliphatic rings. The van der Waals surface area contributed by atoms with Crippen LogP contribution in [-0.2, 0) is 16.1 Å². The van der Waals surface area contributed by atoms with Gasteiger partial charge in [-0.25, -0.2) is 4.79 Å². The highest BCUT2D eigenvalue weighted by Crippen LogP contribution is 2.31. The fourth-order valence-electron chi connectivity index (χ4n) is 3.87. The van der Waals surface area contributed by atoms with Crippen LogP contribution >= 0.6 is 0 Å². The van der Waals surface area contributed by atoms with Crippen molar-refractivity contribution in [2.24, 2.45) is 5.92 Å². The van der Waals surface area contributed by atoms with Crippen molar-refractivity contribution in [2.45, 2.75) is 52.6 Å². The van der Waals surface area contributed by atoms with Crippen molar-refractivity contribution in [1.82, 2.24) is 20.3 Å². The number of carbonyl (C=O) groups excluding carboxylic acids is 1. The Labute approximate surface area is 188 Å². The standard InChI is InChI=1S/C25H30N4O3/c1-4-5-10-23(30)29(24(17(2)3)25(31)32)16-18-11-13-19(14-12-18)20-8-6-7-9-21(20)22-15-26-28-27-22/h6-9,11-15,17,24H,4-5,10,16H2,1-3H3,(H,31,32)(H,26,27,28). The lowest BCUT2D eigenvalue weighted by Crippen LogP contribution is -2.47. The molecule has 0 saturated heterocycles. The number of aromatic nitrogens is 3. The monoisotopic (exact) mass is 434 g/mol. The average Bonchev–Trinajstić information content (AvgIpc) is 3.32. The Morgan fingerprint density at radius 3 is 2.31 bits per heavy atom. The smallest absolute Gasteiger partial charge is 0.326 e. The highest BCUT2D eigenvalue weighted by atomic mass is 16.4. The maximum absolute atomic E-state index is 12.9. The van der Waals surface area contributed by atoms with Gasteiger partial charge in [-0.1, -0.05) is 75.7 Å². The van der Waals surface area contributed by atoms with Crippen LogP contribution in [0.5, 0.6) is 0 Å². The van der Waals surface area contributed by atoms with E-state index in [1.807, 2.05) is 69.3 Å². The highest BCUT2D eigenvalue weighted by molar-refractivity contribution is 5.84. The average molecular weight is 435 g/mol. The van der Waals surface area contributed by atoms with Crippen LogP contribution in [0.2, 0.25) is 0 Å². The van der Waals surface area contributed by atoms with Crippen molar-refractivity contribution < 1.29 is 14.7 Å². The zero-order valence-corrected chi connectivity index (χ0v) is 18.8. The van der Waals surface area contributed by atoms with Gasteiger partial charge in [0, 0.05) is 18.5 Å². The number of nitrogens with zero attached hydrogens (tertiary/aromatic N) is 3. The van der Waals surface area contributed by atoms with Crippen LogP contribution in [0.15, 0.2) is 54.7 Å². The van der Waals surface area contributed by atoms with Crippen LogP contribution in [0.1, 0.15) is 45.6 Å². The number of aliphatic carboxylic acids is 1. The van der Waals surface area contributed by atoms with E-state index in [2.05, 4.69) is 15.4 Å². The summed E-state index contributed by atoms with van der Waals surface area (Å²) in [6, 6.07) is 15.0. The molecule has 0 spiro atoms. The molecule has 3 rings (SSSR count). The molecule has 1 unspecified atom stereocenters. The van der Waals surface area contributed by atoms with Crippen molar-refractivity contribution in [3.8, 4) is 22.4 Å². The summed E-state index contributed by atoms with van der Waals surface area (Å²) >= 11 is 0. The predicted molar refractivity (Wildman–Crippen MR) is 124 cm³/mol. The molecule has 0 aliphatic heterocycles. The number of carboxylic acid groups (broad SMARTS) is 1. The Morgan fingerprint density at radius 1 is 1.06 bits per heavy atom. The SMILES string of the molecule is CCCCC(=O)N(Cc1ccc(-c2ccccc2-c2cn[nH]n2)cc1)C(C(=O)O)C(C)C. The van der Waals surface area contributed by atoms with Crippen LogP contribution < -0.4 is 0 Å². The Kier molecular flexibility index (Phi) is 7.76. The Bertz CT molecular complexity index is 1030. The Hall–Kier alpha value is -3.48. The Morgan fingerprint density at radius 2 is 1.75 bits per heavy atom. The van der Waals surface area contributed by atoms with Crippen molar-refractivity contribution in [1.29, 1.82) is 0 Å². The van der Waals surface area contributed by atoms with Gasteiger partial charge in [0.1, 0.15) is 11.7 Å². The van der Waals surface area contributed by atoms with E-state index in [-0.39, 0.29) is 18.4 Å². The number of hydrogen-bond acceptors (Lipinski definition) is 4. The van der Waals surface area contributed by atoms with Gasteiger partial charge in [0.15, 0.2) is 0 Å². The number of aromatic amines is 1. The van der Waals surface area contributed by atoms with Gasteiger partial charge in [-0.3, -0.25) is 4.79 Å². The highest BCUT2D eigenvalue weighted by Gasteiger charge is 2.32. The first-order valence-electron chi connectivity index (χ1n) is 11.0. The first-order chi connectivity index (χ1) is 15.4. The molecular formula is C25H30N4O3. The van der Waals surface area contributed by atoms with Gasteiger partial charge in [-0.05, 0) is 29.0 Å². The third-order valence-corrected chi connectivity index (χ3v) is 5.52. The largest absolute Gasteiger partial charge is 0.480 e. The number of nitrogens with one attached hydrogen (secondary N) is 1. The zero-order valence-electron chi connectivity index (χ0n) is 18.8. The van der Waals surface area contributed by atoms with Crippen molar-refractivity contribution in [2.75, 3.05) is 0 Å². The van der Waals surface area contributed by atoms with Gasteiger partial charge >= 0.3 is 5.97 Å². The molecular weight excluding hydrogens is 404 g/mol. The van der Waals surface area contributed by atoms with Gasteiger partial charge in [0.2, 0.25) is 5.91 Å². The summed E-state index contributed by atoms with van der Waals surface area (Å²) in [5.41, 5.74) is 4.66. The fraction of sp³-hybridized carbons (Fsp3) is 0.360. The number of H-pyrrole nitrogens is 1. The third kappa shape index (κ3) is 5.41. The van der Waals surface area contributed by atoms with Crippen molar-refractivity contribution >= 4 is 11.9 Å². The summed E-state index contributed by atoms with van der Waals surface area (Å²) in [4.78, 5) is 26.3. The van der Waals surface area contributed by atoms with Crippen LogP contribution in [0.25, 0.3) is 22.4 Å². The third-order valence-electron chi connectivity index (χ3n) is 5.52. The maximum atomic E-state index is 12.9. The van der Waals surface area contributed by atoms with E-state index in [0.717, 1.165) is 40.8 Å². The summed E-state index contributed by atoms with van der Waals surface area (Å²) < 4.78 is 0. The fourth-order valence-corrected chi connectivity index (χ4v) is 3.87. The summed E-state index contributed by atoms with van der Waals surface area (Å²) in [6.45, 7) is 5.96. The number of amides is 1. The van der Waals surface area contributed by atoms with Gasteiger partial charge in [0.05, 0.1) is 6.20 Å². The first-order valence-corrected chi connectivity index (χ1v) is 11.0. The van der Waals surface area contributed by atoms with Crippen LogP contribution in [0.3, 0.4) is 0 Å². The molecule has 1 amide bonds. The van der Waals surface area contributed by atoms with E-state index in [1.54, 1.807) is 6.20 Å². The van der Waals surface area contributed by atoms with Crippen LogP contribution in [0, 0.1) is 5.92 Å². The lowest BCUT2D eigenvalue weighted by Gasteiger charge is -2.32. The molecule has 1 atom stereocenters. The lowest BCUT2D eigenvalue weighted by atomic mass is 9.96. The topological polar surface area (TPSA) is 99.2 Å². The second kappa shape index (κ2) is 10.7. The summed E-state index contributed by atoms with van der Waals surface area (Å²) in [5.74, 6) is -1.27. The second-order valence-corrected chi connectivity index (χ2v) is 8.25. The summed E-state index contributed by atoms with van der Waals surface area (Å²) in [6.07, 6.45) is 3.68. The first kappa shape index (κ1) is 23.2. The molecule has 2 aromatic carbocycles. The maximum Gasteiger partial charge on any atom is 0.326 e. The number of benzene rings is 2. The van der Waals surface area contributed by atoms with Gasteiger partial charge < -0.3 is 10.0 Å². The molecule has 0 fully saturated rings. The van der Waals surface area contributed by atoms with E-state index in [1.165, 1.54) is 4.90 Å². The molecule has 1 heterocycles. The van der Waals surface area contributed by atoms with Gasteiger partial charge in [0.25, 0.3) is 0 Å². The van der Waals surface area contributed by atoms with Gasteiger partial charge in [-0.15, -0.1) is 0 Å². The van der Waals surface area contributed by atoms with Crippen molar-refractivity contribution in [3.05, 3.63) is 60.3 Å². The summed E-state index contributed by atoms with van der Waals surface area (Å²) in [7, 11) is 0. The molecule has 0 radical (unpaired) electrons. The normalized spacial score (nSPS) is 12.0. The van der Waals surface area contributed by atoms with E-state index < -0.39 is 12.0 Å². The minimum absolute atomic E-state index is 0.117. The zero-order chi connectivity index (χ0) is 23.1. The van der Waals surface area contributed by atoms with E-state index in [9.17, 15) is 14.7 Å². The quantitative estimate of drug-likeness (QED) is 0.479. The number of carbonyl (C=O) groups is 2. The van der Waals surface area contributed by atoms with Crippen LogP contribution in [-0.4, -0.2) is 43.3 Å². The molecule has 7 nitrogen and oxygen atoms in total. The minimum Gasteiger partial charge on any atom is -0.480 e. The van der Waals surface area contributed by atoms with Gasteiger partial charge in [-0.2, -0.15) is 15.4 Å².